The topological polar surface area (TPSA) is 75.4 Å². The van der Waals surface area contributed by atoms with E-state index in [9.17, 15) is 9.59 Å². The fourth-order valence-corrected chi connectivity index (χ4v) is 2.53. The predicted molar refractivity (Wildman–Crippen MR) is 72.3 cm³/mol. The molecule has 3 N–H and O–H groups in total. The Morgan fingerprint density at radius 1 is 1.11 bits per heavy atom. The van der Waals surface area contributed by atoms with Crippen LogP contribution in [0, 0.1) is 0 Å². The minimum Gasteiger partial charge on any atom is -0.351 e. The number of hydrogen-bond acceptors (Lipinski definition) is 3. The third-order valence-electron chi connectivity index (χ3n) is 3.37. The van der Waals surface area contributed by atoms with E-state index in [4.69, 9.17) is 5.73 Å². The summed E-state index contributed by atoms with van der Waals surface area (Å²) in [6.45, 7) is 1.73. The first-order chi connectivity index (χ1) is 9.18. The van der Waals surface area contributed by atoms with Gasteiger partial charge in [0.15, 0.2) is 0 Å². The molecule has 0 radical (unpaired) electrons. The molecule has 1 fully saturated rings. The number of urea groups is 1. The predicted octanol–water partition coefficient (Wildman–Crippen LogP) is 1.41. The number of amides is 3. The largest absolute Gasteiger partial charge is 0.351 e. The van der Waals surface area contributed by atoms with E-state index in [1.54, 1.807) is 0 Å². The molecule has 1 unspecified atom stereocenters. The van der Waals surface area contributed by atoms with Gasteiger partial charge in [0.05, 0.1) is 0 Å². The maximum atomic E-state index is 12.2. The standard InChI is InChI=1S/C14H19N3O2/c15-14(19)16-13(18)12(11-7-3-1-4-8-11)17-9-5-2-6-10-17/h1,3-4,7-8,12H,2,5-6,9-10H2,(H3,15,16,18,19). The lowest BCUT2D eigenvalue weighted by atomic mass is 10.0. The van der Waals surface area contributed by atoms with Gasteiger partial charge >= 0.3 is 6.03 Å². The summed E-state index contributed by atoms with van der Waals surface area (Å²) in [5, 5.41) is 2.20. The van der Waals surface area contributed by atoms with Gasteiger partial charge in [-0.15, -0.1) is 0 Å². The van der Waals surface area contributed by atoms with Gasteiger partial charge in [0.2, 0.25) is 5.91 Å². The molecule has 1 aliphatic rings. The highest BCUT2D eigenvalue weighted by atomic mass is 16.2. The van der Waals surface area contributed by atoms with Gasteiger partial charge in [-0.1, -0.05) is 36.8 Å². The number of imide groups is 1. The fraction of sp³-hybridized carbons (Fsp3) is 0.429. The molecule has 19 heavy (non-hydrogen) atoms. The number of carbonyl (C=O) groups excluding carboxylic acids is 2. The summed E-state index contributed by atoms with van der Waals surface area (Å²) in [4.78, 5) is 25.2. The molecule has 2 rings (SSSR count). The van der Waals surface area contributed by atoms with Gasteiger partial charge in [0.1, 0.15) is 6.04 Å². The summed E-state index contributed by atoms with van der Waals surface area (Å²) in [6.07, 6.45) is 3.34. The van der Waals surface area contributed by atoms with E-state index in [0.29, 0.717) is 0 Å². The van der Waals surface area contributed by atoms with Crippen LogP contribution in [0.2, 0.25) is 0 Å². The van der Waals surface area contributed by atoms with Crippen LogP contribution in [0.1, 0.15) is 30.9 Å². The molecule has 102 valence electrons. The highest BCUT2D eigenvalue weighted by Crippen LogP contribution is 2.24. The van der Waals surface area contributed by atoms with Gasteiger partial charge in [-0.05, 0) is 31.5 Å². The molecule has 1 aliphatic heterocycles. The lowest BCUT2D eigenvalue weighted by Crippen LogP contribution is -2.46. The maximum absolute atomic E-state index is 12.2. The Balaban J connectivity index is 2.22. The second-order valence-electron chi connectivity index (χ2n) is 4.76. The Morgan fingerprint density at radius 2 is 1.74 bits per heavy atom. The average molecular weight is 261 g/mol. The van der Waals surface area contributed by atoms with Crippen molar-refractivity contribution >= 4 is 11.9 Å². The van der Waals surface area contributed by atoms with E-state index in [0.717, 1.165) is 31.5 Å². The molecular weight excluding hydrogens is 242 g/mol. The molecule has 0 aromatic heterocycles. The molecule has 1 aromatic carbocycles. The van der Waals surface area contributed by atoms with Gasteiger partial charge in [-0.25, -0.2) is 4.79 Å². The van der Waals surface area contributed by atoms with Crippen LogP contribution in [-0.2, 0) is 4.79 Å². The van der Waals surface area contributed by atoms with Gasteiger partial charge < -0.3 is 5.73 Å². The molecule has 0 spiro atoms. The molecule has 3 amide bonds. The minimum atomic E-state index is -0.803. The summed E-state index contributed by atoms with van der Waals surface area (Å²) in [5.74, 6) is -0.347. The van der Waals surface area contributed by atoms with E-state index < -0.39 is 12.1 Å². The second kappa shape index (κ2) is 6.33. The van der Waals surface area contributed by atoms with Crippen molar-refractivity contribution in [1.82, 2.24) is 10.2 Å². The number of primary amides is 1. The lowest BCUT2D eigenvalue weighted by Gasteiger charge is -2.33. The summed E-state index contributed by atoms with van der Waals surface area (Å²) < 4.78 is 0. The van der Waals surface area contributed by atoms with E-state index in [-0.39, 0.29) is 5.91 Å². The lowest BCUT2D eigenvalue weighted by molar-refractivity contribution is -0.125. The van der Waals surface area contributed by atoms with Crippen molar-refractivity contribution in [3.8, 4) is 0 Å². The van der Waals surface area contributed by atoms with E-state index in [1.807, 2.05) is 30.3 Å². The number of nitrogens with two attached hydrogens (primary N) is 1. The summed E-state index contributed by atoms with van der Waals surface area (Å²) in [5.41, 5.74) is 5.94. The Bertz CT molecular complexity index is 441. The van der Waals surface area contributed by atoms with Crippen molar-refractivity contribution in [1.29, 1.82) is 0 Å². The molecular formula is C14H19N3O2. The molecule has 1 atom stereocenters. The van der Waals surface area contributed by atoms with Crippen LogP contribution < -0.4 is 11.1 Å². The van der Waals surface area contributed by atoms with E-state index >= 15 is 0 Å². The van der Waals surface area contributed by atoms with Crippen molar-refractivity contribution < 1.29 is 9.59 Å². The number of nitrogens with zero attached hydrogens (tertiary/aromatic N) is 1. The summed E-state index contributed by atoms with van der Waals surface area (Å²) in [6, 6.07) is 8.26. The number of likely N-dealkylation sites (tertiary alicyclic amines) is 1. The van der Waals surface area contributed by atoms with Crippen molar-refractivity contribution in [2.24, 2.45) is 5.73 Å². The van der Waals surface area contributed by atoms with Crippen LogP contribution in [0.25, 0.3) is 0 Å². The van der Waals surface area contributed by atoms with Crippen LogP contribution in [-0.4, -0.2) is 29.9 Å². The smallest absolute Gasteiger partial charge is 0.318 e. The van der Waals surface area contributed by atoms with Gasteiger partial charge in [0, 0.05) is 0 Å². The number of hydrogen-bond donors (Lipinski definition) is 2. The Labute approximate surface area is 112 Å². The zero-order chi connectivity index (χ0) is 13.7. The molecule has 1 heterocycles. The monoisotopic (exact) mass is 261 g/mol. The van der Waals surface area contributed by atoms with Crippen LogP contribution in [0.3, 0.4) is 0 Å². The van der Waals surface area contributed by atoms with Crippen LogP contribution in [0.5, 0.6) is 0 Å². The van der Waals surface area contributed by atoms with Crippen molar-refractivity contribution in [3.05, 3.63) is 35.9 Å². The number of rotatable bonds is 3. The Morgan fingerprint density at radius 3 is 2.32 bits per heavy atom. The molecule has 0 saturated carbocycles. The van der Waals surface area contributed by atoms with E-state index in [2.05, 4.69) is 10.2 Å². The third-order valence-corrected chi connectivity index (χ3v) is 3.37. The molecule has 5 heteroatoms. The van der Waals surface area contributed by atoms with Gasteiger partial charge in [-0.3, -0.25) is 15.0 Å². The number of benzene rings is 1. The van der Waals surface area contributed by atoms with Crippen LogP contribution in [0.15, 0.2) is 30.3 Å². The highest BCUT2D eigenvalue weighted by Gasteiger charge is 2.29. The second-order valence-corrected chi connectivity index (χ2v) is 4.76. The zero-order valence-corrected chi connectivity index (χ0v) is 10.8. The number of nitrogens with one attached hydrogen (secondary N) is 1. The molecule has 1 saturated heterocycles. The van der Waals surface area contributed by atoms with Crippen molar-refractivity contribution in [2.75, 3.05) is 13.1 Å². The fourth-order valence-electron chi connectivity index (χ4n) is 2.53. The first-order valence-corrected chi connectivity index (χ1v) is 6.58. The SMILES string of the molecule is NC(=O)NC(=O)C(c1ccccc1)N1CCCCC1. The van der Waals surface area contributed by atoms with Gasteiger partial charge in [-0.2, -0.15) is 0 Å². The molecule has 0 aliphatic carbocycles. The molecule has 0 bridgehead atoms. The maximum Gasteiger partial charge on any atom is 0.318 e. The van der Waals surface area contributed by atoms with Crippen LogP contribution in [0.4, 0.5) is 4.79 Å². The normalized spacial score (nSPS) is 17.7. The first kappa shape index (κ1) is 13.5. The van der Waals surface area contributed by atoms with Crippen molar-refractivity contribution in [3.63, 3.8) is 0 Å². The quantitative estimate of drug-likeness (QED) is 0.863. The highest BCUT2D eigenvalue weighted by molar-refractivity contribution is 5.96. The minimum absolute atomic E-state index is 0.347. The summed E-state index contributed by atoms with van der Waals surface area (Å²) in [7, 11) is 0. The van der Waals surface area contributed by atoms with Gasteiger partial charge in [0.25, 0.3) is 0 Å². The Kier molecular flexibility index (Phi) is 4.52. The number of carbonyl (C=O) groups is 2. The number of piperidine rings is 1. The molecule has 5 nitrogen and oxygen atoms in total. The van der Waals surface area contributed by atoms with E-state index in [1.165, 1.54) is 6.42 Å². The Hall–Kier alpha value is -1.88. The average Bonchev–Trinajstić information content (AvgIpc) is 2.40. The van der Waals surface area contributed by atoms with Crippen LogP contribution >= 0.6 is 0 Å². The van der Waals surface area contributed by atoms with Crippen molar-refractivity contribution in [2.45, 2.75) is 25.3 Å². The first-order valence-electron chi connectivity index (χ1n) is 6.58. The zero-order valence-electron chi connectivity index (χ0n) is 10.8. The third kappa shape index (κ3) is 3.54. The molecule has 1 aromatic rings. The summed E-state index contributed by atoms with van der Waals surface area (Å²) >= 11 is 0.